The molecule has 3 rings (SSSR count). The molecule has 3 N–H and O–H groups in total. The van der Waals surface area contributed by atoms with E-state index in [4.69, 9.17) is 0 Å². The van der Waals surface area contributed by atoms with Gasteiger partial charge in [-0.1, -0.05) is 28.9 Å². The molecule has 2 aromatic carbocycles. The largest absolute Gasteiger partial charge is 0.345 e. The molecule has 0 unspecified atom stereocenters. The lowest BCUT2D eigenvalue weighted by Gasteiger charge is -2.15. The van der Waals surface area contributed by atoms with Gasteiger partial charge in [0.25, 0.3) is 5.91 Å². The Bertz CT molecular complexity index is 1170. The summed E-state index contributed by atoms with van der Waals surface area (Å²) < 4.78 is 2.18. The lowest BCUT2D eigenvalue weighted by Crippen LogP contribution is -2.43. The van der Waals surface area contributed by atoms with Gasteiger partial charge in [0.1, 0.15) is 5.69 Å². The number of hydrogen-bond acceptors (Lipinski definition) is 3. The van der Waals surface area contributed by atoms with Crippen LogP contribution in [0.3, 0.4) is 0 Å². The number of aryl methyl sites for hydroxylation is 2. The average Bonchev–Trinajstić information content (AvgIpc) is 3.07. The fourth-order valence-corrected chi connectivity index (χ4v) is 3.41. The van der Waals surface area contributed by atoms with Crippen LogP contribution in [-0.2, 0) is 9.59 Å². The quantitative estimate of drug-likeness (QED) is 0.472. The van der Waals surface area contributed by atoms with Gasteiger partial charge in [0, 0.05) is 21.6 Å². The van der Waals surface area contributed by atoms with Crippen LogP contribution in [0.25, 0.3) is 10.9 Å². The number of carbonyl (C=O) groups excluding carboxylic acids is 3. The summed E-state index contributed by atoms with van der Waals surface area (Å²) in [7, 11) is 0. The van der Waals surface area contributed by atoms with E-state index in [-0.39, 0.29) is 11.7 Å². The molecule has 0 radical (unpaired) electrons. The van der Waals surface area contributed by atoms with Gasteiger partial charge in [-0.2, -0.15) is 0 Å². The van der Waals surface area contributed by atoms with Gasteiger partial charge >= 0.3 is 11.8 Å². The van der Waals surface area contributed by atoms with Crippen molar-refractivity contribution >= 4 is 50.2 Å². The Morgan fingerprint density at radius 3 is 2.42 bits per heavy atom. The molecule has 1 heterocycles. The van der Waals surface area contributed by atoms with E-state index in [2.05, 4.69) is 32.0 Å². The second kappa shape index (κ2) is 9.34. The molecule has 0 fully saturated rings. The van der Waals surface area contributed by atoms with E-state index in [1.807, 2.05) is 52.0 Å². The van der Waals surface area contributed by atoms with Crippen LogP contribution in [-0.4, -0.2) is 28.4 Å². The minimum atomic E-state index is -0.846. The topological polar surface area (TPSA) is 92.2 Å². The van der Waals surface area contributed by atoms with E-state index < -0.39 is 17.7 Å². The van der Waals surface area contributed by atoms with Gasteiger partial charge in [0.05, 0.1) is 5.52 Å². The number of rotatable bonds is 5. The van der Waals surface area contributed by atoms with E-state index >= 15 is 0 Å². The predicted octanol–water partition coefficient (Wildman–Crippen LogP) is 4.26. The molecule has 0 aliphatic heterocycles. The number of fused-ring (bicyclic) bond motifs is 1. The lowest BCUT2D eigenvalue weighted by atomic mass is 10.1. The van der Waals surface area contributed by atoms with E-state index in [1.54, 1.807) is 18.2 Å². The summed E-state index contributed by atoms with van der Waals surface area (Å²) in [4.78, 5) is 37.8. The molecule has 1 atom stereocenters. The molecule has 7 nitrogen and oxygen atoms in total. The number of anilines is 1. The number of hydrogen-bond donors (Lipinski definition) is 3. The van der Waals surface area contributed by atoms with Crippen molar-refractivity contribution in [3.05, 3.63) is 63.8 Å². The SMILES string of the molecule is CC[C@H](C)NC(=O)C(=O)Nn1c(C(=O)Nc2ccc(C)c(C)c2)cc2cc(Br)ccc21. The lowest BCUT2D eigenvalue weighted by molar-refractivity contribution is -0.137. The summed E-state index contributed by atoms with van der Waals surface area (Å²) in [5.74, 6) is -2.01. The molecule has 0 saturated heterocycles. The zero-order valence-corrected chi connectivity index (χ0v) is 19.5. The standard InChI is InChI=1S/C23H25BrN4O3/c1-5-15(4)25-22(30)23(31)27-28-19-9-7-17(24)11-16(19)12-20(28)21(29)26-18-8-6-13(2)14(3)10-18/h6-12,15H,5H2,1-4H3,(H,25,30)(H,26,29)(H,27,31)/t15-/m0/s1. The highest BCUT2D eigenvalue weighted by Crippen LogP contribution is 2.24. The summed E-state index contributed by atoms with van der Waals surface area (Å²) in [5.41, 5.74) is 6.18. The van der Waals surface area contributed by atoms with E-state index in [9.17, 15) is 14.4 Å². The van der Waals surface area contributed by atoms with Crippen LogP contribution < -0.4 is 16.1 Å². The van der Waals surface area contributed by atoms with Crippen molar-refractivity contribution in [3.63, 3.8) is 0 Å². The normalized spacial score (nSPS) is 11.8. The molecule has 31 heavy (non-hydrogen) atoms. The van der Waals surface area contributed by atoms with Crippen LogP contribution in [0.1, 0.15) is 41.9 Å². The minimum absolute atomic E-state index is 0.136. The molecular weight excluding hydrogens is 460 g/mol. The van der Waals surface area contributed by atoms with Crippen LogP contribution in [0.4, 0.5) is 5.69 Å². The van der Waals surface area contributed by atoms with Gasteiger partial charge in [0.2, 0.25) is 0 Å². The summed E-state index contributed by atoms with van der Waals surface area (Å²) >= 11 is 3.42. The summed E-state index contributed by atoms with van der Waals surface area (Å²) in [6.07, 6.45) is 0.698. The van der Waals surface area contributed by atoms with Crippen molar-refractivity contribution in [2.75, 3.05) is 10.7 Å². The predicted molar refractivity (Wildman–Crippen MR) is 126 cm³/mol. The Hall–Kier alpha value is -3.13. The minimum Gasteiger partial charge on any atom is -0.345 e. The first-order chi connectivity index (χ1) is 14.7. The molecule has 8 heteroatoms. The molecule has 0 aliphatic carbocycles. The van der Waals surface area contributed by atoms with Crippen molar-refractivity contribution in [1.82, 2.24) is 9.99 Å². The van der Waals surface area contributed by atoms with Gasteiger partial charge < -0.3 is 10.6 Å². The fourth-order valence-electron chi connectivity index (χ4n) is 3.03. The Labute approximate surface area is 189 Å². The van der Waals surface area contributed by atoms with Crippen molar-refractivity contribution in [3.8, 4) is 0 Å². The Morgan fingerprint density at radius 2 is 1.74 bits per heavy atom. The third kappa shape index (κ3) is 5.14. The molecule has 0 bridgehead atoms. The third-order valence-electron chi connectivity index (χ3n) is 5.17. The second-order valence-electron chi connectivity index (χ2n) is 7.54. The molecule has 0 aliphatic rings. The first kappa shape index (κ1) is 22.6. The van der Waals surface area contributed by atoms with Crippen molar-refractivity contribution in [1.29, 1.82) is 0 Å². The Kier molecular flexibility index (Phi) is 6.80. The van der Waals surface area contributed by atoms with Gasteiger partial charge in [-0.25, -0.2) is 4.68 Å². The van der Waals surface area contributed by atoms with Crippen LogP contribution in [0.5, 0.6) is 0 Å². The zero-order chi connectivity index (χ0) is 22.7. The van der Waals surface area contributed by atoms with Gasteiger partial charge in [-0.15, -0.1) is 0 Å². The van der Waals surface area contributed by atoms with Gasteiger partial charge in [-0.05, 0) is 74.7 Å². The highest BCUT2D eigenvalue weighted by Gasteiger charge is 2.21. The maximum absolute atomic E-state index is 13.1. The maximum atomic E-state index is 13.1. The first-order valence-corrected chi connectivity index (χ1v) is 10.8. The Balaban J connectivity index is 1.94. The maximum Gasteiger partial charge on any atom is 0.328 e. The fraction of sp³-hybridized carbons (Fsp3) is 0.261. The van der Waals surface area contributed by atoms with Crippen LogP contribution in [0, 0.1) is 13.8 Å². The molecule has 0 saturated carbocycles. The van der Waals surface area contributed by atoms with Crippen molar-refractivity contribution < 1.29 is 14.4 Å². The highest BCUT2D eigenvalue weighted by atomic mass is 79.9. The van der Waals surface area contributed by atoms with Crippen LogP contribution in [0.2, 0.25) is 0 Å². The highest BCUT2D eigenvalue weighted by molar-refractivity contribution is 9.10. The van der Waals surface area contributed by atoms with Crippen LogP contribution >= 0.6 is 15.9 Å². The number of benzene rings is 2. The number of amides is 3. The summed E-state index contributed by atoms with van der Waals surface area (Å²) in [6, 6.07) is 12.6. The smallest absolute Gasteiger partial charge is 0.328 e. The first-order valence-electron chi connectivity index (χ1n) is 10.0. The monoisotopic (exact) mass is 484 g/mol. The summed E-state index contributed by atoms with van der Waals surface area (Å²) in [5, 5.41) is 6.23. The average molecular weight is 485 g/mol. The summed E-state index contributed by atoms with van der Waals surface area (Å²) in [6.45, 7) is 7.69. The van der Waals surface area contributed by atoms with Gasteiger partial charge in [-0.3, -0.25) is 19.8 Å². The second-order valence-corrected chi connectivity index (χ2v) is 8.46. The van der Waals surface area contributed by atoms with E-state index in [1.165, 1.54) is 4.68 Å². The number of nitrogens with one attached hydrogen (secondary N) is 3. The van der Waals surface area contributed by atoms with Crippen molar-refractivity contribution in [2.24, 2.45) is 0 Å². The number of nitrogens with zero attached hydrogens (tertiary/aromatic N) is 1. The number of carbonyl (C=O) groups is 3. The molecule has 3 amide bonds. The molecule has 0 spiro atoms. The van der Waals surface area contributed by atoms with Crippen LogP contribution in [0.15, 0.2) is 46.9 Å². The molecule has 1 aromatic heterocycles. The Morgan fingerprint density at radius 1 is 1.00 bits per heavy atom. The van der Waals surface area contributed by atoms with E-state index in [0.717, 1.165) is 21.0 Å². The third-order valence-corrected chi connectivity index (χ3v) is 5.66. The molecule has 162 valence electrons. The molecule has 3 aromatic rings. The molecular formula is C23H25BrN4O3. The zero-order valence-electron chi connectivity index (χ0n) is 17.9. The van der Waals surface area contributed by atoms with E-state index in [0.29, 0.717) is 17.6 Å². The van der Waals surface area contributed by atoms with Crippen molar-refractivity contribution in [2.45, 2.75) is 40.2 Å². The number of aromatic nitrogens is 1. The number of halogens is 1. The van der Waals surface area contributed by atoms with Gasteiger partial charge in [0.15, 0.2) is 0 Å².